The Morgan fingerprint density at radius 1 is 1.23 bits per heavy atom. The predicted molar refractivity (Wildman–Crippen MR) is 136 cm³/mol. The van der Waals surface area contributed by atoms with Gasteiger partial charge in [0.15, 0.2) is 0 Å². The molecule has 2 aromatic carbocycles. The smallest absolute Gasteiger partial charge is 0.305 e. The van der Waals surface area contributed by atoms with E-state index in [1.807, 2.05) is 0 Å². The first kappa shape index (κ1) is 26.7. The van der Waals surface area contributed by atoms with Crippen LogP contribution in [0.15, 0.2) is 65.5 Å². The Kier molecular flexibility index (Phi) is 9.26. The number of thiazole rings is 1. The number of carbonyl (C=O) groups excluding carboxylic acids is 1. The molecule has 35 heavy (non-hydrogen) atoms. The Morgan fingerprint density at radius 2 is 2.03 bits per heavy atom. The Hall–Kier alpha value is -2.93. The number of aromatic nitrogens is 1. The van der Waals surface area contributed by atoms with Crippen molar-refractivity contribution in [1.29, 1.82) is 0 Å². The van der Waals surface area contributed by atoms with Crippen LogP contribution in [0.4, 0.5) is 0 Å². The summed E-state index contributed by atoms with van der Waals surface area (Å²) in [5.41, 5.74) is 3.68. The number of aliphatic carboxylic acids is 1. The number of nitrogens with one attached hydrogen (secondary N) is 2. The number of hydrogen-bond acceptors (Lipinski definition) is 7. The molecule has 1 amide bonds. The van der Waals surface area contributed by atoms with Gasteiger partial charge in [-0.3, -0.25) is 13.8 Å². The molecule has 0 aliphatic carbocycles. The maximum absolute atomic E-state index is 12.6. The van der Waals surface area contributed by atoms with Crippen LogP contribution in [0.1, 0.15) is 28.8 Å². The van der Waals surface area contributed by atoms with Crippen LogP contribution in [0.3, 0.4) is 0 Å². The van der Waals surface area contributed by atoms with Crippen LogP contribution in [0.5, 0.6) is 0 Å². The van der Waals surface area contributed by atoms with E-state index in [0.717, 1.165) is 10.2 Å². The number of sulfonamides is 1. The third-order valence-corrected chi connectivity index (χ3v) is 8.63. The van der Waals surface area contributed by atoms with Crippen molar-refractivity contribution < 1.29 is 27.3 Å². The molecule has 0 bridgehead atoms. The van der Waals surface area contributed by atoms with Crippen molar-refractivity contribution in [2.75, 3.05) is 12.3 Å². The van der Waals surface area contributed by atoms with Gasteiger partial charge in [-0.1, -0.05) is 18.2 Å². The molecule has 1 unspecified atom stereocenters. The summed E-state index contributed by atoms with van der Waals surface area (Å²) in [6.45, 7) is 3.82. The molecule has 9 nitrogen and oxygen atoms in total. The number of benzene rings is 2. The van der Waals surface area contributed by atoms with Gasteiger partial charge >= 0.3 is 5.97 Å². The first-order chi connectivity index (χ1) is 16.7. The molecule has 0 aliphatic rings. The van der Waals surface area contributed by atoms with Gasteiger partial charge in [0.25, 0.3) is 5.91 Å². The summed E-state index contributed by atoms with van der Waals surface area (Å²) >= 11 is 1.46. The molecule has 0 saturated heterocycles. The largest absolute Gasteiger partial charge is 0.481 e. The number of amides is 1. The molecule has 2 atom stereocenters. The molecule has 1 aromatic heterocycles. The van der Waals surface area contributed by atoms with Gasteiger partial charge in [-0.25, -0.2) is 18.1 Å². The van der Waals surface area contributed by atoms with Crippen LogP contribution < -0.4 is 10.0 Å². The first-order valence-corrected chi connectivity index (χ1v) is 14.4. The van der Waals surface area contributed by atoms with E-state index >= 15 is 0 Å². The van der Waals surface area contributed by atoms with Gasteiger partial charge < -0.3 is 10.4 Å². The minimum absolute atomic E-state index is 0.0468. The lowest BCUT2D eigenvalue weighted by Crippen LogP contribution is -2.35. The van der Waals surface area contributed by atoms with Crippen LogP contribution >= 0.6 is 11.3 Å². The van der Waals surface area contributed by atoms with E-state index in [2.05, 4.69) is 21.6 Å². The fourth-order valence-electron chi connectivity index (χ4n) is 3.22. The zero-order valence-corrected chi connectivity index (χ0v) is 21.1. The SMILES string of the molecule is C=C[C@H](CC(=O)O)NS(=O)(=O)c1cccc(CS(=O)CCCNC(=O)c2ccc3ncsc3c2)c1. The lowest BCUT2D eigenvalue weighted by atomic mass is 10.2. The summed E-state index contributed by atoms with van der Waals surface area (Å²) in [4.78, 5) is 27.3. The fraction of sp³-hybridized carbons (Fsp3) is 0.261. The molecule has 0 fully saturated rings. The summed E-state index contributed by atoms with van der Waals surface area (Å²) in [7, 11) is -5.24. The number of carboxylic acid groups (broad SMARTS) is 1. The van der Waals surface area contributed by atoms with Gasteiger partial charge in [0.2, 0.25) is 10.0 Å². The van der Waals surface area contributed by atoms with E-state index in [4.69, 9.17) is 5.11 Å². The molecule has 186 valence electrons. The molecule has 3 N–H and O–H groups in total. The zero-order valence-electron chi connectivity index (χ0n) is 18.7. The molecular formula is C23H25N3O6S3. The molecule has 3 aromatic rings. The summed E-state index contributed by atoms with van der Waals surface area (Å²) in [5, 5.41) is 11.7. The second kappa shape index (κ2) is 12.2. The molecule has 12 heteroatoms. The number of fused-ring (bicyclic) bond motifs is 1. The zero-order chi connectivity index (χ0) is 25.4. The highest BCUT2D eigenvalue weighted by Crippen LogP contribution is 2.19. The average molecular weight is 536 g/mol. The van der Waals surface area contributed by atoms with Gasteiger partial charge in [-0.05, 0) is 42.3 Å². The fourth-order valence-corrected chi connectivity index (χ4v) is 6.38. The molecule has 0 spiro atoms. The second-order valence-electron chi connectivity index (χ2n) is 7.64. The molecule has 0 saturated carbocycles. The Bertz CT molecular complexity index is 1350. The van der Waals surface area contributed by atoms with Gasteiger partial charge in [-0.2, -0.15) is 0 Å². The molecule has 0 aliphatic heterocycles. The van der Waals surface area contributed by atoms with Crippen molar-refractivity contribution in [3.8, 4) is 0 Å². The molecule has 0 radical (unpaired) electrons. The van der Waals surface area contributed by atoms with E-state index in [9.17, 15) is 22.2 Å². The topological polar surface area (TPSA) is 143 Å². The van der Waals surface area contributed by atoms with E-state index in [1.165, 1.54) is 29.5 Å². The lowest BCUT2D eigenvalue weighted by Gasteiger charge is -2.13. The number of rotatable bonds is 13. The quantitative estimate of drug-likeness (QED) is 0.226. The maximum Gasteiger partial charge on any atom is 0.305 e. The minimum Gasteiger partial charge on any atom is -0.481 e. The van der Waals surface area contributed by atoms with Crippen molar-refractivity contribution >= 4 is 54.3 Å². The Labute approximate surface area is 209 Å². The van der Waals surface area contributed by atoms with Crippen LogP contribution in [0, 0.1) is 0 Å². The number of hydrogen-bond donors (Lipinski definition) is 3. The molecule has 3 rings (SSSR count). The summed E-state index contributed by atoms with van der Waals surface area (Å²) in [6, 6.07) is 10.4. The van der Waals surface area contributed by atoms with E-state index in [0.29, 0.717) is 29.8 Å². The average Bonchev–Trinajstić information content (AvgIpc) is 3.29. The van der Waals surface area contributed by atoms with E-state index in [1.54, 1.807) is 35.8 Å². The monoisotopic (exact) mass is 535 g/mol. The normalized spacial score (nSPS) is 13.3. The van der Waals surface area contributed by atoms with E-state index < -0.39 is 39.3 Å². The van der Waals surface area contributed by atoms with E-state index in [-0.39, 0.29) is 16.6 Å². The third kappa shape index (κ3) is 7.79. The highest BCUT2D eigenvalue weighted by Gasteiger charge is 2.20. The van der Waals surface area contributed by atoms with Gasteiger partial charge in [-0.15, -0.1) is 17.9 Å². The summed E-state index contributed by atoms with van der Waals surface area (Å²) in [5.74, 6) is -0.879. The first-order valence-electron chi connectivity index (χ1n) is 10.6. The number of carbonyl (C=O) groups is 2. The van der Waals surface area contributed by atoms with Gasteiger partial charge in [0, 0.05) is 34.4 Å². The molecular weight excluding hydrogens is 510 g/mol. The molecule has 1 heterocycles. The minimum atomic E-state index is -3.98. The maximum atomic E-state index is 12.6. The summed E-state index contributed by atoms with van der Waals surface area (Å²) < 4.78 is 40.9. The Morgan fingerprint density at radius 3 is 2.77 bits per heavy atom. The van der Waals surface area contributed by atoms with Crippen molar-refractivity contribution in [2.45, 2.75) is 29.5 Å². The van der Waals surface area contributed by atoms with Crippen molar-refractivity contribution in [2.24, 2.45) is 0 Å². The summed E-state index contributed by atoms with van der Waals surface area (Å²) in [6.07, 6.45) is 1.29. The van der Waals surface area contributed by atoms with Crippen LogP contribution in [0.2, 0.25) is 0 Å². The second-order valence-corrected chi connectivity index (χ2v) is 11.8. The lowest BCUT2D eigenvalue weighted by molar-refractivity contribution is -0.137. The number of nitrogens with zero attached hydrogens (tertiary/aromatic N) is 1. The standard InChI is InChI=1S/C23H25N3O6S3/c1-2-18(13-22(27)28)26-35(31,32)19-6-3-5-16(11-19)14-34(30)10-4-9-24-23(29)17-7-8-20-21(12-17)33-15-25-20/h2-3,5-8,11-12,15,18,26H,1,4,9-10,13-14H2,(H,24,29)(H,27,28)/t18-,34?/m1/s1. The Balaban J connectivity index is 1.49. The van der Waals surface area contributed by atoms with Crippen molar-refractivity contribution in [3.63, 3.8) is 0 Å². The van der Waals surface area contributed by atoms with Crippen LogP contribution in [0.25, 0.3) is 10.2 Å². The van der Waals surface area contributed by atoms with Gasteiger partial charge in [0.05, 0.1) is 33.1 Å². The van der Waals surface area contributed by atoms with Crippen LogP contribution in [-0.2, 0) is 31.4 Å². The van der Waals surface area contributed by atoms with Crippen molar-refractivity contribution in [3.05, 3.63) is 71.8 Å². The van der Waals surface area contributed by atoms with Crippen LogP contribution in [-0.4, -0.2) is 52.9 Å². The van der Waals surface area contributed by atoms with Gasteiger partial charge in [0.1, 0.15) is 0 Å². The van der Waals surface area contributed by atoms with Crippen molar-refractivity contribution in [1.82, 2.24) is 15.0 Å². The third-order valence-electron chi connectivity index (χ3n) is 4.95. The highest BCUT2D eigenvalue weighted by molar-refractivity contribution is 7.89. The number of carboxylic acids is 1. The highest BCUT2D eigenvalue weighted by atomic mass is 32.2. The predicted octanol–water partition coefficient (Wildman–Crippen LogP) is 2.67.